The molecule has 0 aliphatic heterocycles. The lowest BCUT2D eigenvalue weighted by Gasteiger charge is -2.52. The Hall–Kier alpha value is -1.10. The summed E-state index contributed by atoms with van der Waals surface area (Å²) in [7, 11) is 0. The average Bonchev–Trinajstić information content (AvgIpc) is 2.43. The third-order valence-corrected chi connectivity index (χ3v) is 4.77. The van der Waals surface area contributed by atoms with E-state index in [-0.39, 0.29) is 5.41 Å². The molecule has 4 nitrogen and oxygen atoms in total. The van der Waals surface area contributed by atoms with Crippen molar-refractivity contribution in [1.29, 1.82) is 0 Å². The van der Waals surface area contributed by atoms with E-state index in [9.17, 15) is 4.79 Å². The van der Waals surface area contributed by atoms with Gasteiger partial charge in [-0.15, -0.1) is 0 Å². The summed E-state index contributed by atoms with van der Waals surface area (Å²) in [5.41, 5.74) is 6.76. The largest absolute Gasteiger partial charge is 0.378 e. The number of benzene rings is 1. The van der Waals surface area contributed by atoms with Gasteiger partial charge < -0.3 is 15.8 Å². The van der Waals surface area contributed by atoms with Gasteiger partial charge in [-0.25, -0.2) is 0 Å². The summed E-state index contributed by atoms with van der Waals surface area (Å²) in [5.74, 6) is -0.462. The monoisotopic (exact) mass is 310 g/mol. The van der Waals surface area contributed by atoms with Gasteiger partial charge in [0.1, 0.15) is 0 Å². The molecule has 0 aromatic heterocycles. The highest BCUT2D eigenvalue weighted by Gasteiger charge is 2.48. The van der Waals surface area contributed by atoms with E-state index in [1.54, 1.807) is 12.1 Å². The quantitative estimate of drug-likeness (QED) is 0.849. The summed E-state index contributed by atoms with van der Waals surface area (Å²) in [4.78, 5) is 11.1. The molecular weight excluding hydrogens is 288 g/mol. The molecule has 2 rings (SSSR count). The first-order valence-electron chi connectivity index (χ1n) is 7.29. The van der Waals surface area contributed by atoms with Crippen molar-refractivity contribution in [1.82, 2.24) is 5.32 Å². The molecule has 5 heteroatoms. The summed E-state index contributed by atoms with van der Waals surface area (Å²) in [6.07, 6.45) is 1.32. The zero-order valence-corrected chi connectivity index (χ0v) is 13.5. The number of nitrogens with two attached hydrogens (primary N) is 1. The Morgan fingerprint density at radius 2 is 2.24 bits per heavy atom. The lowest BCUT2D eigenvalue weighted by Crippen LogP contribution is -2.60. The van der Waals surface area contributed by atoms with E-state index in [1.165, 1.54) is 0 Å². The van der Waals surface area contributed by atoms with Gasteiger partial charge in [0.2, 0.25) is 5.91 Å². The molecule has 0 spiro atoms. The molecule has 1 saturated carbocycles. The van der Waals surface area contributed by atoms with Crippen molar-refractivity contribution in [2.75, 3.05) is 6.61 Å². The van der Waals surface area contributed by atoms with Crippen LogP contribution in [0.1, 0.15) is 43.1 Å². The van der Waals surface area contributed by atoms with E-state index in [0.29, 0.717) is 29.3 Å². The van der Waals surface area contributed by atoms with Crippen LogP contribution in [0.3, 0.4) is 0 Å². The zero-order chi connectivity index (χ0) is 15.6. The van der Waals surface area contributed by atoms with E-state index in [2.05, 4.69) is 19.2 Å². The van der Waals surface area contributed by atoms with Crippen molar-refractivity contribution in [2.24, 2.45) is 11.1 Å². The summed E-state index contributed by atoms with van der Waals surface area (Å²) in [5, 5.41) is 4.09. The van der Waals surface area contributed by atoms with E-state index in [0.717, 1.165) is 18.6 Å². The summed E-state index contributed by atoms with van der Waals surface area (Å²) >= 11 is 6.20. The molecule has 0 heterocycles. The number of hydrogen-bond acceptors (Lipinski definition) is 3. The van der Waals surface area contributed by atoms with Crippen LogP contribution < -0.4 is 11.1 Å². The fourth-order valence-electron chi connectivity index (χ4n) is 2.79. The maximum atomic E-state index is 11.1. The highest BCUT2D eigenvalue weighted by Crippen LogP contribution is 2.42. The van der Waals surface area contributed by atoms with Gasteiger partial charge in [-0.05, 0) is 31.0 Å². The normalized spacial score (nSPS) is 23.6. The molecule has 2 unspecified atom stereocenters. The average molecular weight is 311 g/mol. The third kappa shape index (κ3) is 3.39. The minimum absolute atomic E-state index is 0.121. The smallest absolute Gasteiger partial charge is 0.248 e. The van der Waals surface area contributed by atoms with E-state index >= 15 is 0 Å². The lowest BCUT2D eigenvalue weighted by molar-refractivity contribution is -0.114. The van der Waals surface area contributed by atoms with E-state index < -0.39 is 5.91 Å². The third-order valence-electron chi connectivity index (χ3n) is 4.42. The first-order chi connectivity index (χ1) is 9.86. The van der Waals surface area contributed by atoms with Crippen LogP contribution in [0.25, 0.3) is 0 Å². The second kappa shape index (κ2) is 6.34. The van der Waals surface area contributed by atoms with E-state index in [4.69, 9.17) is 22.1 Å². The molecule has 1 fully saturated rings. The molecule has 21 heavy (non-hydrogen) atoms. The van der Waals surface area contributed by atoms with E-state index in [1.807, 2.05) is 13.0 Å². The van der Waals surface area contributed by atoms with Gasteiger partial charge in [-0.1, -0.05) is 31.5 Å². The van der Waals surface area contributed by atoms with Crippen LogP contribution in [0.4, 0.5) is 0 Å². The molecule has 0 saturated heterocycles. The topological polar surface area (TPSA) is 64.3 Å². The van der Waals surface area contributed by atoms with Crippen LogP contribution in [0.5, 0.6) is 0 Å². The van der Waals surface area contributed by atoms with Gasteiger partial charge in [-0.2, -0.15) is 0 Å². The fraction of sp³-hybridized carbons (Fsp3) is 0.562. The highest BCUT2D eigenvalue weighted by molar-refractivity contribution is 6.31. The predicted octanol–water partition coefficient (Wildman–Crippen LogP) is 2.73. The maximum absolute atomic E-state index is 11.1. The molecule has 2 atom stereocenters. The molecular formula is C16H23ClN2O2. The first kappa shape index (κ1) is 16.3. The number of primary amides is 1. The number of halogens is 1. The van der Waals surface area contributed by atoms with Crippen LogP contribution in [0.2, 0.25) is 5.02 Å². The summed E-state index contributed by atoms with van der Waals surface area (Å²) < 4.78 is 5.72. The molecule has 1 aromatic rings. The van der Waals surface area contributed by atoms with Crippen LogP contribution >= 0.6 is 11.6 Å². The van der Waals surface area contributed by atoms with Crippen molar-refractivity contribution in [3.8, 4) is 0 Å². The van der Waals surface area contributed by atoms with Crippen LogP contribution in [0, 0.1) is 5.41 Å². The summed E-state index contributed by atoms with van der Waals surface area (Å²) in [6.45, 7) is 7.88. The van der Waals surface area contributed by atoms with Crippen molar-refractivity contribution in [3.05, 3.63) is 34.3 Å². The minimum atomic E-state index is -0.462. The van der Waals surface area contributed by atoms with Crippen LogP contribution in [-0.2, 0) is 11.3 Å². The molecule has 3 N–H and O–H groups in total. The van der Waals surface area contributed by atoms with Crippen molar-refractivity contribution >= 4 is 17.5 Å². The minimum Gasteiger partial charge on any atom is -0.378 e. The Kier molecular flexibility index (Phi) is 4.91. The molecule has 0 radical (unpaired) electrons. The Morgan fingerprint density at radius 3 is 2.76 bits per heavy atom. The van der Waals surface area contributed by atoms with Gasteiger partial charge in [0.25, 0.3) is 0 Å². The maximum Gasteiger partial charge on any atom is 0.248 e. The standard InChI is InChI=1S/C16H23ClN2O2/c1-4-21-14-8-13(16(14,2)3)19-9-11-6-5-10(15(18)20)7-12(11)17/h5-7,13-14,19H,4,8-9H2,1-3H3,(H2,18,20). The highest BCUT2D eigenvalue weighted by atomic mass is 35.5. The number of hydrogen-bond donors (Lipinski definition) is 2. The van der Waals surface area contributed by atoms with Crippen molar-refractivity contribution in [3.63, 3.8) is 0 Å². The van der Waals surface area contributed by atoms with Gasteiger partial charge in [0, 0.05) is 35.2 Å². The number of carbonyl (C=O) groups is 1. The molecule has 1 aliphatic rings. The summed E-state index contributed by atoms with van der Waals surface area (Å²) in [6, 6.07) is 5.58. The van der Waals surface area contributed by atoms with Crippen LogP contribution in [0.15, 0.2) is 18.2 Å². The van der Waals surface area contributed by atoms with Gasteiger partial charge in [-0.3, -0.25) is 4.79 Å². The Morgan fingerprint density at radius 1 is 1.52 bits per heavy atom. The lowest BCUT2D eigenvalue weighted by atomic mass is 9.64. The Bertz CT molecular complexity index is 531. The fourth-order valence-corrected chi connectivity index (χ4v) is 3.04. The second-order valence-electron chi connectivity index (χ2n) is 6.10. The number of ether oxygens (including phenoxy) is 1. The SMILES string of the molecule is CCOC1CC(NCc2ccc(C(N)=O)cc2Cl)C1(C)C. The second-order valence-corrected chi connectivity index (χ2v) is 6.51. The van der Waals surface area contributed by atoms with Crippen LogP contribution in [-0.4, -0.2) is 24.7 Å². The molecule has 1 aromatic carbocycles. The van der Waals surface area contributed by atoms with Crippen molar-refractivity contribution in [2.45, 2.75) is 45.9 Å². The number of carbonyl (C=O) groups excluding carboxylic acids is 1. The van der Waals surface area contributed by atoms with Crippen molar-refractivity contribution < 1.29 is 9.53 Å². The molecule has 1 aliphatic carbocycles. The Balaban J connectivity index is 1.94. The Labute approximate surface area is 131 Å². The number of amides is 1. The molecule has 116 valence electrons. The number of rotatable bonds is 6. The van der Waals surface area contributed by atoms with Gasteiger partial charge >= 0.3 is 0 Å². The molecule has 1 amide bonds. The van der Waals surface area contributed by atoms with Gasteiger partial charge in [0.05, 0.1) is 6.10 Å². The predicted molar refractivity (Wildman–Crippen MR) is 84.4 cm³/mol. The molecule has 0 bridgehead atoms. The zero-order valence-electron chi connectivity index (χ0n) is 12.8. The number of nitrogens with one attached hydrogen (secondary N) is 1. The first-order valence-corrected chi connectivity index (χ1v) is 7.67. The van der Waals surface area contributed by atoms with Gasteiger partial charge in [0.15, 0.2) is 0 Å².